The normalized spacial score (nSPS) is 12.9. The molecule has 0 unspecified atom stereocenters. The van der Waals surface area contributed by atoms with Crippen LogP contribution in [0.4, 0.5) is 0 Å². The number of amides is 1. The SMILES string of the molecule is CCCN(CC(=O)O)C(=O)c1nn(-c2ccc(C)cc2)c2c1CCC2. The number of rotatable bonds is 6. The van der Waals surface area contributed by atoms with Gasteiger partial charge in [0, 0.05) is 17.8 Å². The van der Waals surface area contributed by atoms with E-state index < -0.39 is 5.97 Å². The second-order valence-corrected chi connectivity index (χ2v) is 6.50. The first-order chi connectivity index (χ1) is 12.0. The fourth-order valence-corrected chi connectivity index (χ4v) is 3.34. The van der Waals surface area contributed by atoms with Crippen LogP contribution in [0.2, 0.25) is 0 Å². The third-order valence-corrected chi connectivity index (χ3v) is 4.52. The van der Waals surface area contributed by atoms with Gasteiger partial charge in [0.05, 0.1) is 5.69 Å². The van der Waals surface area contributed by atoms with Gasteiger partial charge in [-0.2, -0.15) is 5.10 Å². The van der Waals surface area contributed by atoms with Gasteiger partial charge in [0.15, 0.2) is 5.69 Å². The Kier molecular flexibility index (Phi) is 4.88. The van der Waals surface area contributed by atoms with Gasteiger partial charge < -0.3 is 10.0 Å². The Balaban J connectivity index is 1.99. The van der Waals surface area contributed by atoms with Gasteiger partial charge in [0.25, 0.3) is 5.91 Å². The lowest BCUT2D eigenvalue weighted by molar-refractivity contribution is -0.137. The molecule has 25 heavy (non-hydrogen) atoms. The standard InChI is InChI=1S/C19H23N3O3/c1-3-11-21(12-17(23)24)19(25)18-15-5-4-6-16(15)22(20-18)14-9-7-13(2)8-10-14/h7-10H,3-6,11-12H2,1-2H3,(H,23,24). The Bertz CT molecular complexity index is 793. The van der Waals surface area contributed by atoms with E-state index in [4.69, 9.17) is 5.11 Å². The summed E-state index contributed by atoms with van der Waals surface area (Å²) in [5.74, 6) is -1.29. The molecule has 1 N–H and O–H groups in total. The molecule has 132 valence electrons. The molecule has 6 heteroatoms. The van der Waals surface area contributed by atoms with E-state index in [2.05, 4.69) is 5.10 Å². The summed E-state index contributed by atoms with van der Waals surface area (Å²) in [7, 11) is 0. The monoisotopic (exact) mass is 341 g/mol. The zero-order chi connectivity index (χ0) is 18.0. The summed E-state index contributed by atoms with van der Waals surface area (Å²) in [5, 5.41) is 13.7. The number of hydrogen-bond donors (Lipinski definition) is 1. The Labute approximate surface area is 147 Å². The summed E-state index contributed by atoms with van der Waals surface area (Å²) in [6.45, 7) is 4.08. The maximum Gasteiger partial charge on any atom is 0.323 e. The van der Waals surface area contributed by atoms with Crippen molar-refractivity contribution in [2.24, 2.45) is 0 Å². The van der Waals surface area contributed by atoms with E-state index in [0.29, 0.717) is 18.7 Å². The van der Waals surface area contributed by atoms with Gasteiger partial charge in [0.1, 0.15) is 6.54 Å². The van der Waals surface area contributed by atoms with Gasteiger partial charge in [-0.3, -0.25) is 9.59 Å². The number of aromatic nitrogens is 2. The van der Waals surface area contributed by atoms with Crippen LogP contribution in [0.5, 0.6) is 0 Å². The Morgan fingerprint density at radius 3 is 2.60 bits per heavy atom. The van der Waals surface area contributed by atoms with Crippen LogP contribution in [0.1, 0.15) is 47.1 Å². The maximum atomic E-state index is 12.9. The van der Waals surface area contributed by atoms with Crippen LogP contribution >= 0.6 is 0 Å². The molecule has 0 saturated carbocycles. The van der Waals surface area contributed by atoms with Crippen LogP contribution < -0.4 is 0 Å². The predicted molar refractivity (Wildman–Crippen MR) is 94.2 cm³/mol. The molecular formula is C19H23N3O3. The van der Waals surface area contributed by atoms with Gasteiger partial charge in [-0.05, 0) is 44.7 Å². The van der Waals surface area contributed by atoms with Gasteiger partial charge in [-0.25, -0.2) is 4.68 Å². The Hall–Kier alpha value is -2.63. The van der Waals surface area contributed by atoms with Gasteiger partial charge in [0.2, 0.25) is 0 Å². The highest BCUT2D eigenvalue weighted by atomic mass is 16.4. The van der Waals surface area contributed by atoms with Crippen LogP contribution in [0.25, 0.3) is 5.69 Å². The molecule has 0 saturated heterocycles. The molecule has 0 aliphatic heterocycles. The van der Waals surface area contributed by atoms with Crippen molar-refractivity contribution in [1.29, 1.82) is 0 Å². The van der Waals surface area contributed by atoms with Gasteiger partial charge >= 0.3 is 5.97 Å². The molecule has 1 amide bonds. The fourth-order valence-electron chi connectivity index (χ4n) is 3.34. The van der Waals surface area contributed by atoms with Crippen molar-refractivity contribution in [2.45, 2.75) is 39.5 Å². The van der Waals surface area contributed by atoms with Gasteiger partial charge in [-0.15, -0.1) is 0 Å². The summed E-state index contributed by atoms with van der Waals surface area (Å²) in [6, 6.07) is 8.04. The van der Waals surface area contributed by atoms with E-state index in [1.807, 2.05) is 42.8 Å². The molecule has 1 aliphatic rings. The van der Waals surface area contributed by atoms with Crippen molar-refractivity contribution in [1.82, 2.24) is 14.7 Å². The molecule has 1 heterocycles. The molecule has 0 spiro atoms. The molecule has 0 atom stereocenters. The quantitative estimate of drug-likeness (QED) is 0.876. The van der Waals surface area contributed by atoms with E-state index >= 15 is 0 Å². The smallest absolute Gasteiger partial charge is 0.323 e. The summed E-state index contributed by atoms with van der Waals surface area (Å²) in [4.78, 5) is 25.4. The average molecular weight is 341 g/mol. The summed E-state index contributed by atoms with van der Waals surface area (Å²) in [6.07, 6.45) is 3.40. The molecular weight excluding hydrogens is 318 g/mol. The number of carboxylic acid groups (broad SMARTS) is 1. The third-order valence-electron chi connectivity index (χ3n) is 4.52. The van der Waals surface area contributed by atoms with Crippen LogP contribution in [0.3, 0.4) is 0 Å². The lowest BCUT2D eigenvalue weighted by Gasteiger charge is -2.19. The lowest BCUT2D eigenvalue weighted by atomic mass is 10.1. The highest BCUT2D eigenvalue weighted by Gasteiger charge is 2.30. The van der Waals surface area contributed by atoms with Crippen molar-refractivity contribution in [2.75, 3.05) is 13.1 Å². The van der Waals surface area contributed by atoms with E-state index in [0.717, 1.165) is 36.2 Å². The van der Waals surface area contributed by atoms with E-state index in [-0.39, 0.29) is 12.5 Å². The first-order valence-corrected chi connectivity index (χ1v) is 8.70. The average Bonchev–Trinajstić information content (AvgIpc) is 3.17. The number of nitrogens with zero attached hydrogens (tertiary/aromatic N) is 3. The first kappa shape index (κ1) is 17.2. The van der Waals surface area contributed by atoms with Gasteiger partial charge in [-0.1, -0.05) is 24.6 Å². The minimum atomic E-state index is -1.00. The molecule has 1 aromatic carbocycles. The highest BCUT2D eigenvalue weighted by molar-refractivity contribution is 5.96. The van der Waals surface area contributed by atoms with E-state index in [1.54, 1.807) is 0 Å². The molecule has 3 rings (SSSR count). The zero-order valence-corrected chi connectivity index (χ0v) is 14.7. The number of aryl methyl sites for hydroxylation is 1. The molecule has 1 aromatic heterocycles. The van der Waals surface area contributed by atoms with Crippen LogP contribution in [0, 0.1) is 6.92 Å². The van der Waals surface area contributed by atoms with Crippen LogP contribution in [-0.2, 0) is 17.6 Å². The first-order valence-electron chi connectivity index (χ1n) is 8.70. The van der Waals surface area contributed by atoms with E-state index in [9.17, 15) is 9.59 Å². The molecule has 0 fully saturated rings. The van der Waals surface area contributed by atoms with Crippen molar-refractivity contribution < 1.29 is 14.7 Å². The third kappa shape index (κ3) is 3.43. The summed E-state index contributed by atoms with van der Waals surface area (Å²) >= 11 is 0. The summed E-state index contributed by atoms with van der Waals surface area (Å²) in [5.41, 5.74) is 4.54. The summed E-state index contributed by atoms with van der Waals surface area (Å²) < 4.78 is 1.85. The lowest BCUT2D eigenvalue weighted by Crippen LogP contribution is -2.37. The molecule has 0 radical (unpaired) electrons. The molecule has 2 aromatic rings. The van der Waals surface area contributed by atoms with E-state index in [1.165, 1.54) is 10.5 Å². The maximum absolute atomic E-state index is 12.9. The number of hydrogen-bond acceptors (Lipinski definition) is 3. The Morgan fingerprint density at radius 2 is 1.96 bits per heavy atom. The van der Waals surface area contributed by atoms with Crippen molar-refractivity contribution in [3.8, 4) is 5.69 Å². The Morgan fingerprint density at radius 1 is 1.24 bits per heavy atom. The zero-order valence-electron chi connectivity index (χ0n) is 14.7. The van der Waals surface area contributed by atoms with Crippen LogP contribution in [-0.4, -0.2) is 44.8 Å². The number of carboxylic acids is 1. The van der Waals surface area contributed by atoms with Crippen LogP contribution in [0.15, 0.2) is 24.3 Å². The number of carbonyl (C=O) groups is 2. The molecule has 0 bridgehead atoms. The van der Waals surface area contributed by atoms with Crippen molar-refractivity contribution in [3.05, 3.63) is 46.8 Å². The largest absolute Gasteiger partial charge is 0.480 e. The second-order valence-electron chi connectivity index (χ2n) is 6.50. The number of carbonyl (C=O) groups excluding carboxylic acids is 1. The minimum absolute atomic E-state index is 0.284. The topological polar surface area (TPSA) is 75.4 Å². The molecule has 6 nitrogen and oxygen atoms in total. The van der Waals surface area contributed by atoms with Crippen molar-refractivity contribution in [3.63, 3.8) is 0 Å². The van der Waals surface area contributed by atoms with Crippen molar-refractivity contribution >= 4 is 11.9 Å². The number of benzene rings is 1. The second kappa shape index (κ2) is 7.09. The number of aliphatic carboxylic acids is 1. The highest BCUT2D eigenvalue weighted by Crippen LogP contribution is 2.28. The molecule has 1 aliphatic carbocycles. The predicted octanol–water partition coefficient (Wildman–Crippen LogP) is 2.61. The minimum Gasteiger partial charge on any atom is -0.480 e. The number of fused-ring (bicyclic) bond motifs is 1. The fraction of sp³-hybridized carbons (Fsp3) is 0.421.